The first-order chi connectivity index (χ1) is 13.0. The molecule has 1 N–H and O–H groups in total. The van der Waals surface area contributed by atoms with Crippen LogP contribution in [0.15, 0.2) is 6.07 Å². The summed E-state index contributed by atoms with van der Waals surface area (Å²) in [6.45, 7) is 8.44. The Labute approximate surface area is 162 Å². The van der Waals surface area contributed by atoms with Crippen molar-refractivity contribution >= 4 is 17.6 Å². The van der Waals surface area contributed by atoms with E-state index in [4.69, 9.17) is 0 Å². The van der Waals surface area contributed by atoms with E-state index in [9.17, 15) is 9.59 Å². The second-order valence-corrected chi connectivity index (χ2v) is 7.85. The molecule has 0 saturated carbocycles. The van der Waals surface area contributed by atoms with Gasteiger partial charge in [0.15, 0.2) is 0 Å². The van der Waals surface area contributed by atoms with Crippen LogP contribution in [0, 0.1) is 6.92 Å². The van der Waals surface area contributed by atoms with E-state index in [-0.39, 0.29) is 11.8 Å². The van der Waals surface area contributed by atoms with Crippen LogP contribution in [0.1, 0.15) is 57.6 Å². The molecule has 1 aromatic rings. The molecule has 0 aliphatic carbocycles. The highest BCUT2D eigenvalue weighted by molar-refractivity contribution is 5.93. The highest BCUT2D eigenvalue weighted by Gasteiger charge is 2.25. The Balaban J connectivity index is 1.33. The highest BCUT2D eigenvalue weighted by atomic mass is 16.2. The Kier molecular flexibility index (Phi) is 6.88. The average molecular weight is 376 g/mol. The maximum Gasteiger partial charge on any atom is 0.229 e. The molecule has 2 amide bonds. The first-order valence-electron chi connectivity index (χ1n) is 10.4. The summed E-state index contributed by atoms with van der Waals surface area (Å²) in [6.07, 6.45) is 6.54. The summed E-state index contributed by atoms with van der Waals surface area (Å²) in [4.78, 5) is 28.6. The molecule has 1 saturated heterocycles. The van der Waals surface area contributed by atoms with Crippen LogP contribution in [-0.4, -0.2) is 58.7 Å². The zero-order valence-electron chi connectivity index (χ0n) is 16.7. The smallest absolute Gasteiger partial charge is 0.229 e. The zero-order valence-corrected chi connectivity index (χ0v) is 16.7. The third kappa shape index (κ3) is 5.31. The minimum absolute atomic E-state index is 0.0795. The van der Waals surface area contributed by atoms with Gasteiger partial charge in [-0.1, -0.05) is 6.42 Å². The van der Waals surface area contributed by atoms with Gasteiger partial charge in [-0.3, -0.25) is 14.5 Å². The van der Waals surface area contributed by atoms with Crippen LogP contribution >= 0.6 is 0 Å². The predicted molar refractivity (Wildman–Crippen MR) is 106 cm³/mol. The van der Waals surface area contributed by atoms with E-state index in [1.807, 2.05) is 17.7 Å². The van der Waals surface area contributed by atoms with Gasteiger partial charge >= 0.3 is 0 Å². The second kappa shape index (κ2) is 9.35. The van der Waals surface area contributed by atoms with E-state index in [1.54, 1.807) is 4.90 Å². The zero-order chi connectivity index (χ0) is 19.2. The van der Waals surface area contributed by atoms with Gasteiger partial charge < -0.3 is 10.2 Å². The van der Waals surface area contributed by atoms with Gasteiger partial charge in [0.2, 0.25) is 11.8 Å². The Morgan fingerprint density at radius 3 is 2.93 bits per heavy atom. The van der Waals surface area contributed by atoms with Crippen LogP contribution in [0.3, 0.4) is 0 Å². The molecule has 7 heteroatoms. The Morgan fingerprint density at radius 1 is 1.26 bits per heavy atom. The molecule has 27 heavy (non-hydrogen) atoms. The fraction of sp³-hybridized carbons (Fsp3) is 0.750. The average Bonchev–Trinajstić information content (AvgIpc) is 3.02. The summed E-state index contributed by atoms with van der Waals surface area (Å²) in [6, 6.07) is 2.62. The van der Waals surface area contributed by atoms with Crippen molar-refractivity contribution in [2.45, 2.75) is 71.4 Å². The molecule has 2 aliphatic rings. The van der Waals surface area contributed by atoms with Gasteiger partial charge in [0, 0.05) is 44.6 Å². The molecule has 0 bridgehead atoms. The Morgan fingerprint density at radius 2 is 2.11 bits per heavy atom. The maximum absolute atomic E-state index is 12.2. The number of aryl methyl sites for hydroxylation is 2. The van der Waals surface area contributed by atoms with Crippen LogP contribution in [0.5, 0.6) is 0 Å². The number of piperidine rings is 1. The Bertz CT molecular complexity index is 657. The number of amides is 2. The molecule has 0 unspecified atom stereocenters. The van der Waals surface area contributed by atoms with Crippen molar-refractivity contribution in [1.29, 1.82) is 0 Å². The summed E-state index contributed by atoms with van der Waals surface area (Å²) in [5.41, 5.74) is 0.922. The molecule has 1 aromatic heterocycles. The molecule has 0 radical (unpaired) electrons. The number of hydrogen-bond acceptors (Lipinski definition) is 4. The number of fused-ring (bicyclic) bond motifs is 1. The van der Waals surface area contributed by atoms with Gasteiger partial charge in [-0.25, -0.2) is 4.68 Å². The third-order valence-corrected chi connectivity index (χ3v) is 5.67. The number of nitrogens with zero attached hydrogens (tertiary/aromatic N) is 4. The number of nitrogens with one attached hydrogen (secondary N) is 1. The van der Waals surface area contributed by atoms with Crippen molar-refractivity contribution in [1.82, 2.24) is 20.0 Å². The maximum atomic E-state index is 12.2. The first kappa shape index (κ1) is 19.9. The quantitative estimate of drug-likeness (QED) is 0.707. The van der Waals surface area contributed by atoms with Crippen LogP contribution < -0.4 is 10.2 Å². The Hall–Kier alpha value is -1.89. The molecule has 1 atom stereocenters. The SMILES string of the molecule is Cc1cc2n(n1)CCC(=O)N2CCCC(=O)NCCCN1CCCC[C@@H]1C. The minimum Gasteiger partial charge on any atom is -0.356 e. The van der Waals surface area contributed by atoms with Gasteiger partial charge in [0.1, 0.15) is 5.82 Å². The lowest BCUT2D eigenvalue weighted by Gasteiger charge is -2.33. The summed E-state index contributed by atoms with van der Waals surface area (Å²) in [7, 11) is 0. The molecule has 150 valence electrons. The van der Waals surface area contributed by atoms with E-state index in [2.05, 4.69) is 22.2 Å². The van der Waals surface area contributed by atoms with Crippen molar-refractivity contribution < 1.29 is 9.59 Å². The molecular weight excluding hydrogens is 342 g/mol. The van der Waals surface area contributed by atoms with E-state index in [0.29, 0.717) is 38.4 Å². The van der Waals surface area contributed by atoms with Gasteiger partial charge in [-0.15, -0.1) is 0 Å². The predicted octanol–water partition coefficient (Wildman–Crippen LogP) is 2.09. The van der Waals surface area contributed by atoms with Crippen LogP contribution in [0.25, 0.3) is 0 Å². The number of rotatable bonds is 8. The van der Waals surface area contributed by atoms with E-state index >= 15 is 0 Å². The molecule has 0 spiro atoms. The van der Waals surface area contributed by atoms with Gasteiger partial charge in [0.05, 0.1) is 12.2 Å². The number of carbonyl (C=O) groups excluding carboxylic acids is 2. The highest BCUT2D eigenvalue weighted by Crippen LogP contribution is 2.22. The first-order valence-corrected chi connectivity index (χ1v) is 10.4. The van der Waals surface area contributed by atoms with Gasteiger partial charge in [-0.05, 0) is 46.1 Å². The molecule has 3 rings (SSSR count). The molecule has 0 aromatic carbocycles. The number of carbonyl (C=O) groups is 2. The van der Waals surface area contributed by atoms with Crippen molar-refractivity contribution in [3.63, 3.8) is 0 Å². The normalized spacial score (nSPS) is 20.6. The van der Waals surface area contributed by atoms with E-state index in [1.165, 1.54) is 25.8 Å². The lowest BCUT2D eigenvalue weighted by molar-refractivity contribution is -0.122. The number of anilines is 1. The number of likely N-dealkylation sites (tertiary alicyclic amines) is 1. The summed E-state index contributed by atoms with van der Waals surface area (Å²) >= 11 is 0. The molecular formula is C20H33N5O2. The topological polar surface area (TPSA) is 70.5 Å². The summed E-state index contributed by atoms with van der Waals surface area (Å²) in [5.74, 6) is 1.06. The van der Waals surface area contributed by atoms with Crippen molar-refractivity contribution in [2.24, 2.45) is 0 Å². The van der Waals surface area contributed by atoms with E-state index in [0.717, 1.165) is 31.0 Å². The van der Waals surface area contributed by atoms with Gasteiger partial charge in [0.25, 0.3) is 0 Å². The minimum atomic E-state index is 0.0795. The summed E-state index contributed by atoms with van der Waals surface area (Å²) in [5, 5.41) is 7.43. The molecule has 2 aliphatic heterocycles. The van der Waals surface area contributed by atoms with Gasteiger partial charge in [-0.2, -0.15) is 5.10 Å². The van der Waals surface area contributed by atoms with Crippen molar-refractivity contribution in [2.75, 3.05) is 31.1 Å². The van der Waals surface area contributed by atoms with E-state index < -0.39 is 0 Å². The molecule has 1 fully saturated rings. The third-order valence-electron chi connectivity index (χ3n) is 5.67. The summed E-state index contributed by atoms with van der Waals surface area (Å²) < 4.78 is 1.89. The largest absolute Gasteiger partial charge is 0.356 e. The second-order valence-electron chi connectivity index (χ2n) is 7.85. The number of hydrogen-bond donors (Lipinski definition) is 1. The van der Waals surface area contributed by atoms with Crippen LogP contribution in [-0.2, 0) is 16.1 Å². The fourth-order valence-corrected chi connectivity index (χ4v) is 4.10. The monoisotopic (exact) mass is 375 g/mol. The van der Waals surface area contributed by atoms with Crippen molar-refractivity contribution in [3.05, 3.63) is 11.8 Å². The molecule has 3 heterocycles. The molecule has 7 nitrogen and oxygen atoms in total. The van der Waals surface area contributed by atoms with Crippen LogP contribution in [0.2, 0.25) is 0 Å². The lowest BCUT2D eigenvalue weighted by Crippen LogP contribution is -2.39. The number of aromatic nitrogens is 2. The lowest BCUT2D eigenvalue weighted by atomic mass is 10.0. The van der Waals surface area contributed by atoms with Crippen LogP contribution in [0.4, 0.5) is 5.82 Å². The standard InChI is InChI=1S/C20H33N5O2/c1-16-15-19-24(20(27)9-14-25(19)22-16)13-5-8-18(26)21-10-6-12-23-11-4-3-7-17(23)2/h15,17H,3-14H2,1-2H3,(H,21,26)/t17-/m0/s1. The van der Waals surface area contributed by atoms with Crippen molar-refractivity contribution in [3.8, 4) is 0 Å². The fourth-order valence-electron chi connectivity index (χ4n) is 4.10.